The molecule has 2 aliphatic rings. The monoisotopic (exact) mass is 432 g/mol. The number of piperidine rings is 1. The minimum Gasteiger partial charge on any atom is -0.497 e. The van der Waals surface area contributed by atoms with Crippen LogP contribution in [0.5, 0.6) is 11.5 Å². The van der Waals surface area contributed by atoms with E-state index >= 15 is 0 Å². The smallest absolute Gasteiger partial charge is 0.253 e. The second-order valence-electron chi connectivity index (χ2n) is 8.88. The number of methoxy groups -OCH3 is 1. The molecule has 1 fully saturated rings. The standard InChI is InChI=1S/C26H28N2O4/c1-4-19-16(2)27-22-8-5-17(13-21(19)22)25(30)28-11-9-26(10-12-28)15-23(29)20-7-6-18(31-3)14-24(20)32-26/h5-8,13-14,27H,4,9-12,15H2,1-3H3. The number of aryl methyl sites for hydroxylation is 2. The van der Waals surface area contributed by atoms with Crippen molar-refractivity contribution < 1.29 is 19.1 Å². The summed E-state index contributed by atoms with van der Waals surface area (Å²) in [4.78, 5) is 31.3. The highest BCUT2D eigenvalue weighted by atomic mass is 16.5. The lowest BCUT2D eigenvalue weighted by atomic mass is 9.82. The molecule has 0 saturated carbocycles. The highest BCUT2D eigenvalue weighted by Gasteiger charge is 2.43. The number of aromatic amines is 1. The average molecular weight is 433 g/mol. The van der Waals surface area contributed by atoms with E-state index in [-0.39, 0.29) is 11.7 Å². The minimum absolute atomic E-state index is 0.0341. The molecular formula is C26H28N2O4. The number of fused-ring (bicyclic) bond motifs is 2. The topological polar surface area (TPSA) is 71.6 Å². The lowest BCUT2D eigenvalue weighted by Crippen LogP contribution is -2.52. The van der Waals surface area contributed by atoms with Crippen LogP contribution in [0.2, 0.25) is 0 Å². The van der Waals surface area contributed by atoms with E-state index in [1.165, 1.54) is 5.56 Å². The molecule has 0 bridgehead atoms. The van der Waals surface area contributed by atoms with E-state index in [4.69, 9.17) is 9.47 Å². The van der Waals surface area contributed by atoms with Crippen LogP contribution in [-0.4, -0.2) is 47.4 Å². The van der Waals surface area contributed by atoms with Crippen LogP contribution in [0.25, 0.3) is 10.9 Å². The minimum atomic E-state index is -0.551. The van der Waals surface area contributed by atoms with Crippen LogP contribution in [0.4, 0.5) is 0 Å². The van der Waals surface area contributed by atoms with Gasteiger partial charge in [-0.05, 0) is 49.2 Å². The van der Waals surface area contributed by atoms with Crippen molar-refractivity contribution in [1.29, 1.82) is 0 Å². The van der Waals surface area contributed by atoms with E-state index in [9.17, 15) is 9.59 Å². The maximum atomic E-state index is 13.3. The van der Waals surface area contributed by atoms with Gasteiger partial charge in [0.25, 0.3) is 5.91 Å². The third-order valence-corrected chi connectivity index (χ3v) is 6.98. The van der Waals surface area contributed by atoms with Gasteiger partial charge in [0.05, 0.1) is 19.1 Å². The fourth-order valence-corrected chi connectivity index (χ4v) is 5.15. The van der Waals surface area contributed by atoms with Crippen molar-refractivity contribution in [2.75, 3.05) is 20.2 Å². The van der Waals surface area contributed by atoms with Crippen LogP contribution in [-0.2, 0) is 6.42 Å². The van der Waals surface area contributed by atoms with Gasteiger partial charge < -0.3 is 19.4 Å². The van der Waals surface area contributed by atoms with Crippen LogP contribution in [0.3, 0.4) is 0 Å². The van der Waals surface area contributed by atoms with E-state index in [1.54, 1.807) is 25.3 Å². The lowest BCUT2D eigenvalue weighted by Gasteiger charge is -2.44. The Kier molecular flexibility index (Phi) is 4.96. The molecule has 0 atom stereocenters. The van der Waals surface area contributed by atoms with Crippen molar-refractivity contribution in [2.24, 2.45) is 0 Å². The highest BCUT2D eigenvalue weighted by Crippen LogP contribution is 2.41. The first kappa shape index (κ1) is 20.6. The molecule has 2 aromatic carbocycles. The number of hydrogen-bond donors (Lipinski definition) is 1. The molecule has 1 amide bonds. The van der Waals surface area contributed by atoms with Crippen molar-refractivity contribution in [3.05, 3.63) is 58.8 Å². The molecule has 6 nitrogen and oxygen atoms in total. The largest absolute Gasteiger partial charge is 0.497 e. The Bertz CT molecular complexity index is 1220. The molecule has 3 heterocycles. The molecule has 1 N–H and O–H groups in total. The van der Waals surface area contributed by atoms with Gasteiger partial charge in [0.2, 0.25) is 0 Å². The molecule has 1 spiro atoms. The Hall–Kier alpha value is -3.28. The summed E-state index contributed by atoms with van der Waals surface area (Å²) in [7, 11) is 1.60. The van der Waals surface area contributed by atoms with Crippen molar-refractivity contribution in [3.8, 4) is 11.5 Å². The number of nitrogens with zero attached hydrogens (tertiary/aromatic N) is 1. The normalized spacial score (nSPS) is 17.3. The molecule has 3 aromatic rings. The van der Waals surface area contributed by atoms with Gasteiger partial charge >= 0.3 is 0 Å². The van der Waals surface area contributed by atoms with Crippen molar-refractivity contribution in [3.63, 3.8) is 0 Å². The van der Waals surface area contributed by atoms with Gasteiger partial charge in [-0.1, -0.05) is 6.92 Å². The third-order valence-electron chi connectivity index (χ3n) is 6.98. The second-order valence-corrected chi connectivity index (χ2v) is 8.88. The number of benzene rings is 2. The summed E-state index contributed by atoms with van der Waals surface area (Å²) in [6.07, 6.45) is 2.54. The Morgan fingerprint density at radius 2 is 1.97 bits per heavy atom. The lowest BCUT2D eigenvalue weighted by molar-refractivity contribution is -0.00580. The fraction of sp³-hybridized carbons (Fsp3) is 0.385. The number of hydrogen-bond acceptors (Lipinski definition) is 4. The number of likely N-dealkylation sites (tertiary alicyclic amines) is 1. The summed E-state index contributed by atoms with van der Waals surface area (Å²) >= 11 is 0. The van der Waals surface area contributed by atoms with Crippen LogP contribution in [0.1, 0.15) is 58.2 Å². The van der Waals surface area contributed by atoms with E-state index in [1.807, 2.05) is 23.1 Å². The van der Waals surface area contributed by atoms with Gasteiger partial charge in [-0.3, -0.25) is 9.59 Å². The summed E-state index contributed by atoms with van der Waals surface area (Å²) in [5.74, 6) is 1.38. The number of ether oxygens (including phenoxy) is 2. The van der Waals surface area contributed by atoms with Crippen molar-refractivity contribution in [1.82, 2.24) is 9.88 Å². The molecule has 0 radical (unpaired) electrons. The molecule has 1 aromatic heterocycles. The summed E-state index contributed by atoms with van der Waals surface area (Å²) in [6.45, 7) is 5.34. The predicted octanol–water partition coefficient (Wildman–Crippen LogP) is 4.69. The first-order chi connectivity index (χ1) is 15.4. The SMILES string of the molecule is CCc1c(C)[nH]c2ccc(C(=O)N3CCC4(CC3)CC(=O)c3ccc(OC)cc3O4)cc12. The third kappa shape index (κ3) is 3.34. The highest BCUT2D eigenvalue weighted by molar-refractivity contribution is 6.01. The van der Waals surface area contributed by atoms with Crippen molar-refractivity contribution >= 4 is 22.6 Å². The maximum Gasteiger partial charge on any atom is 0.253 e. The Morgan fingerprint density at radius 3 is 2.69 bits per heavy atom. The van der Waals surface area contributed by atoms with Gasteiger partial charge in [-0.2, -0.15) is 0 Å². The number of amides is 1. The van der Waals surface area contributed by atoms with Gasteiger partial charge in [0.15, 0.2) is 5.78 Å². The van der Waals surface area contributed by atoms with Crippen LogP contribution >= 0.6 is 0 Å². The number of nitrogens with one attached hydrogen (secondary N) is 1. The van der Waals surface area contributed by atoms with E-state index < -0.39 is 5.60 Å². The van der Waals surface area contributed by atoms with E-state index in [0.717, 1.165) is 23.0 Å². The Morgan fingerprint density at radius 1 is 1.19 bits per heavy atom. The van der Waals surface area contributed by atoms with E-state index in [2.05, 4.69) is 18.8 Å². The summed E-state index contributed by atoms with van der Waals surface area (Å²) in [5, 5.41) is 1.12. The number of carbonyl (C=O) groups is 2. The number of H-pyrrole nitrogens is 1. The maximum absolute atomic E-state index is 13.3. The molecule has 5 rings (SSSR count). The molecule has 1 saturated heterocycles. The van der Waals surface area contributed by atoms with Crippen molar-refractivity contribution in [2.45, 2.75) is 45.1 Å². The number of aromatic nitrogens is 1. The van der Waals surface area contributed by atoms with Gasteiger partial charge in [-0.15, -0.1) is 0 Å². The number of carbonyl (C=O) groups excluding carboxylic acids is 2. The summed E-state index contributed by atoms with van der Waals surface area (Å²) in [6, 6.07) is 11.2. The molecule has 32 heavy (non-hydrogen) atoms. The zero-order chi connectivity index (χ0) is 22.5. The van der Waals surface area contributed by atoms with Gasteiger partial charge in [-0.25, -0.2) is 0 Å². The zero-order valence-corrected chi connectivity index (χ0v) is 18.8. The first-order valence-corrected chi connectivity index (χ1v) is 11.2. The van der Waals surface area contributed by atoms with Crippen LogP contribution in [0.15, 0.2) is 36.4 Å². The number of ketones is 1. The quantitative estimate of drug-likeness (QED) is 0.652. The fourth-order valence-electron chi connectivity index (χ4n) is 5.15. The van der Waals surface area contributed by atoms with E-state index in [0.29, 0.717) is 55.0 Å². The van der Waals surface area contributed by atoms with Gasteiger partial charge in [0, 0.05) is 54.2 Å². The second kappa shape index (κ2) is 7.69. The molecule has 166 valence electrons. The van der Waals surface area contributed by atoms with Gasteiger partial charge in [0.1, 0.15) is 17.1 Å². The molecule has 0 unspecified atom stereocenters. The summed E-state index contributed by atoms with van der Waals surface area (Å²) < 4.78 is 11.6. The first-order valence-electron chi connectivity index (χ1n) is 11.2. The molecular weight excluding hydrogens is 404 g/mol. The summed E-state index contributed by atoms with van der Waals surface area (Å²) in [5.41, 5.74) is 4.24. The van der Waals surface area contributed by atoms with Crippen LogP contribution < -0.4 is 9.47 Å². The number of Topliss-reactive ketones (excluding diaryl/α,β-unsaturated/α-hetero) is 1. The molecule has 6 heteroatoms. The predicted molar refractivity (Wildman–Crippen MR) is 123 cm³/mol. The Balaban J connectivity index is 1.34. The molecule has 0 aliphatic carbocycles. The van der Waals surface area contributed by atoms with Crippen LogP contribution in [0, 0.1) is 6.92 Å². The zero-order valence-electron chi connectivity index (χ0n) is 18.8. The number of rotatable bonds is 3. The molecule has 2 aliphatic heterocycles. The average Bonchev–Trinajstić information content (AvgIpc) is 3.12. The Labute approximate surface area is 187 Å².